The smallest absolute Gasteiger partial charge is 0.356 e. The lowest BCUT2D eigenvalue weighted by molar-refractivity contribution is -0.140. The zero-order chi connectivity index (χ0) is 15.7. The Morgan fingerprint density at radius 2 is 2.29 bits per heavy atom. The van der Waals surface area contributed by atoms with Gasteiger partial charge in [0.25, 0.3) is 0 Å². The molecule has 1 aromatic heterocycles. The molecular weight excluding hydrogens is 296 g/mol. The molecule has 1 unspecified atom stereocenters. The van der Waals surface area contributed by atoms with Crippen LogP contribution >= 0.6 is 11.8 Å². The number of amides is 1. The maximum absolute atomic E-state index is 11.3. The van der Waals surface area contributed by atoms with Gasteiger partial charge in [-0.05, 0) is 24.3 Å². The van der Waals surface area contributed by atoms with Crippen LogP contribution in [0.5, 0.6) is 0 Å². The SMILES string of the molecule is COC(=O)c1cccc(CSCCC(NC=O)C(=O)O)n1. The average Bonchev–Trinajstić information content (AvgIpc) is 2.49. The van der Waals surface area contributed by atoms with Crippen LogP contribution in [0.1, 0.15) is 22.6 Å². The highest BCUT2D eigenvalue weighted by molar-refractivity contribution is 7.98. The van der Waals surface area contributed by atoms with Crippen LogP contribution in [0, 0.1) is 0 Å². The van der Waals surface area contributed by atoms with Crippen molar-refractivity contribution in [2.75, 3.05) is 12.9 Å². The highest BCUT2D eigenvalue weighted by atomic mass is 32.2. The third-order valence-electron chi connectivity index (χ3n) is 2.57. The summed E-state index contributed by atoms with van der Waals surface area (Å²) in [5.74, 6) is -0.475. The Morgan fingerprint density at radius 1 is 1.52 bits per heavy atom. The van der Waals surface area contributed by atoms with Crippen LogP contribution in [0.3, 0.4) is 0 Å². The highest BCUT2D eigenvalue weighted by Crippen LogP contribution is 2.13. The van der Waals surface area contributed by atoms with Crippen molar-refractivity contribution in [1.29, 1.82) is 0 Å². The van der Waals surface area contributed by atoms with Gasteiger partial charge in [0.2, 0.25) is 6.41 Å². The predicted octanol–water partition coefficient (Wildman–Crippen LogP) is 0.691. The van der Waals surface area contributed by atoms with E-state index in [1.165, 1.54) is 18.9 Å². The number of nitrogens with one attached hydrogen (secondary N) is 1. The van der Waals surface area contributed by atoms with Crippen molar-refractivity contribution in [3.8, 4) is 0 Å². The van der Waals surface area contributed by atoms with Crippen LogP contribution < -0.4 is 5.32 Å². The normalized spacial score (nSPS) is 11.5. The van der Waals surface area contributed by atoms with E-state index in [4.69, 9.17) is 5.11 Å². The van der Waals surface area contributed by atoms with E-state index in [9.17, 15) is 14.4 Å². The van der Waals surface area contributed by atoms with Gasteiger partial charge in [0.15, 0.2) is 0 Å². The number of methoxy groups -OCH3 is 1. The number of carbonyl (C=O) groups is 3. The molecule has 1 heterocycles. The largest absolute Gasteiger partial charge is 0.480 e. The van der Waals surface area contributed by atoms with E-state index in [0.717, 1.165) is 0 Å². The number of hydrogen-bond donors (Lipinski definition) is 2. The number of nitrogens with zero attached hydrogens (tertiary/aromatic N) is 1. The minimum atomic E-state index is -1.06. The van der Waals surface area contributed by atoms with Crippen molar-refractivity contribution >= 4 is 30.1 Å². The molecule has 0 fully saturated rings. The molecular formula is C13H16N2O5S. The molecule has 0 radical (unpaired) electrons. The van der Waals surface area contributed by atoms with Gasteiger partial charge >= 0.3 is 11.9 Å². The monoisotopic (exact) mass is 312 g/mol. The number of hydrogen-bond acceptors (Lipinski definition) is 6. The van der Waals surface area contributed by atoms with Gasteiger partial charge in [-0.1, -0.05) is 6.07 Å². The lowest BCUT2D eigenvalue weighted by Crippen LogP contribution is -2.36. The second kappa shape index (κ2) is 8.96. The standard InChI is InChI=1S/C13H16N2O5S/c1-20-13(19)11-4-2-3-9(15-11)7-21-6-5-10(12(17)18)14-8-16/h2-4,8,10H,5-7H2,1H3,(H,14,16)(H,17,18). The zero-order valence-electron chi connectivity index (χ0n) is 11.4. The average molecular weight is 312 g/mol. The molecule has 0 saturated heterocycles. The molecule has 114 valence electrons. The summed E-state index contributed by atoms with van der Waals surface area (Å²) in [6.45, 7) is 0. The Hall–Kier alpha value is -2.09. The number of carboxylic acid groups (broad SMARTS) is 1. The third kappa shape index (κ3) is 5.82. The summed E-state index contributed by atoms with van der Waals surface area (Å²) in [7, 11) is 1.29. The lowest BCUT2D eigenvalue weighted by Gasteiger charge is -2.10. The van der Waals surface area contributed by atoms with E-state index in [0.29, 0.717) is 30.0 Å². The Labute approximate surface area is 126 Å². The molecule has 8 heteroatoms. The summed E-state index contributed by atoms with van der Waals surface area (Å²) in [6.07, 6.45) is 0.695. The number of aromatic nitrogens is 1. The van der Waals surface area contributed by atoms with E-state index in [-0.39, 0.29) is 5.69 Å². The molecule has 1 atom stereocenters. The van der Waals surface area contributed by atoms with Gasteiger partial charge in [0.05, 0.1) is 12.8 Å². The van der Waals surface area contributed by atoms with Gasteiger partial charge in [0, 0.05) is 5.75 Å². The van der Waals surface area contributed by atoms with Crippen molar-refractivity contribution in [2.24, 2.45) is 0 Å². The Balaban J connectivity index is 2.43. The predicted molar refractivity (Wildman–Crippen MR) is 77.0 cm³/mol. The summed E-state index contributed by atoms with van der Waals surface area (Å²) in [6, 6.07) is 4.17. The van der Waals surface area contributed by atoms with Gasteiger partial charge in [-0.15, -0.1) is 0 Å². The van der Waals surface area contributed by atoms with Crippen LogP contribution in [0.25, 0.3) is 0 Å². The van der Waals surface area contributed by atoms with Crippen LogP contribution in [-0.4, -0.2) is 47.3 Å². The molecule has 0 aliphatic carbocycles. The molecule has 0 aliphatic heterocycles. The van der Waals surface area contributed by atoms with E-state index in [1.54, 1.807) is 18.2 Å². The van der Waals surface area contributed by atoms with Gasteiger partial charge in [-0.3, -0.25) is 4.79 Å². The first-order chi connectivity index (χ1) is 10.1. The number of aliphatic carboxylic acids is 1. The fraction of sp³-hybridized carbons (Fsp3) is 0.385. The molecule has 0 bridgehead atoms. The minimum absolute atomic E-state index is 0.238. The molecule has 0 aromatic carbocycles. The molecule has 0 spiro atoms. The molecule has 1 rings (SSSR count). The van der Waals surface area contributed by atoms with E-state index >= 15 is 0 Å². The second-order valence-corrected chi connectivity index (χ2v) is 5.13. The van der Waals surface area contributed by atoms with Crippen LogP contribution in [0.2, 0.25) is 0 Å². The van der Waals surface area contributed by atoms with Gasteiger partial charge in [-0.25, -0.2) is 14.6 Å². The summed E-state index contributed by atoms with van der Waals surface area (Å²) >= 11 is 1.47. The van der Waals surface area contributed by atoms with Gasteiger partial charge < -0.3 is 15.2 Å². The van der Waals surface area contributed by atoms with Crippen LogP contribution in [0.15, 0.2) is 18.2 Å². The number of ether oxygens (including phenoxy) is 1. The second-order valence-electron chi connectivity index (χ2n) is 4.02. The van der Waals surface area contributed by atoms with Crippen molar-refractivity contribution in [1.82, 2.24) is 10.3 Å². The molecule has 1 amide bonds. The van der Waals surface area contributed by atoms with Gasteiger partial charge in [-0.2, -0.15) is 11.8 Å². The highest BCUT2D eigenvalue weighted by Gasteiger charge is 2.15. The van der Waals surface area contributed by atoms with Crippen molar-refractivity contribution in [2.45, 2.75) is 18.2 Å². The Kier molecular flexibility index (Phi) is 7.24. The summed E-state index contributed by atoms with van der Waals surface area (Å²) in [4.78, 5) is 36.6. The molecule has 1 aromatic rings. The third-order valence-corrected chi connectivity index (χ3v) is 3.59. The number of thioether (sulfide) groups is 1. The van der Waals surface area contributed by atoms with Crippen molar-refractivity contribution in [3.05, 3.63) is 29.6 Å². The van der Waals surface area contributed by atoms with Crippen LogP contribution in [-0.2, 0) is 20.1 Å². The summed E-state index contributed by atoms with van der Waals surface area (Å²) in [5.41, 5.74) is 0.944. The first-order valence-corrected chi connectivity index (χ1v) is 7.28. The summed E-state index contributed by atoms with van der Waals surface area (Å²) in [5, 5.41) is 11.1. The maximum atomic E-state index is 11.3. The van der Waals surface area contributed by atoms with E-state index < -0.39 is 18.0 Å². The van der Waals surface area contributed by atoms with Crippen LogP contribution in [0.4, 0.5) is 0 Å². The first-order valence-electron chi connectivity index (χ1n) is 6.13. The zero-order valence-corrected chi connectivity index (χ0v) is 12.3. The van der Waals surface area contributed by atoms with E-state index in [1.807, 2.05) is 0 Å². The summed E-state index contributed by atoms with van der Waals surface area (Å²) < 4.78 is 4.59. The molecule has 0 aliphatic rings. The molecule has 7 nitrogen and oxygen atoms in total. The lowest BCUT2D eigenvalue weighted by atomic mass is 10.2. The topological polar surface area (TPSA) is 106 Å². The van der Waals surface area contributed by atoms with Crippen molar-refractivity contribution < 1.29 is 24.2 Å². The molecule has 0 saturated carbocycles. The molecule has 21 heavy (non-hydrogen) atoms. The van der Waals surface area contributed by atoms with Gasteiger partial charge in [0.1, 0.15) is 11.7 Å². The van der Waals surface area contributed by atoms with Crippen molar-refractivity contribution in [3.63, 3.8) is 0 Å². The minimum Gasteiger partial charge on any atom is -0.480 e. The Bertz CT molecular complexity index is 509. The maximum Gasteiger partial charge on any atom is 0.356 e. The number of pyridine rings is 1. The number of rotatable bonds is 9. The quantitative estimate of drug-likeness (QED) is 0.392. The fourth-order valence-corrected chi connectivity index (χ4v) is 2.43. The molecule has 2 N–H and O–H groups in total. The Morgan fingerprint density at radius 3 is 2.90 bits per heavy atom. The fourth-order valence-electron chi connectivity index (χ4n) is 1.52. The first kappa shape index (κ1) is 17.0. The van der Waals surface area contributed by atoms with E-state index in [2.05, 4.69) is 15.0 Å². The number of carbonyl (C=O) groups excluding carboxylic acids is 2. The number of carboxylic acids is 1. The number of esters is 1.